The van der Waals surface area contributed by atoms with Crippen LogP contribution in [0.4, 0.5) is 0 Å². The van der Waals surface area contributed by atoms with Gasteiger partial charge >= 0.3 is 0 Å². The standard InChI is InChI=1S/C23H34O4/c1-20-9-7-16(24)14-15(20)5-6-18-17(20)8-10-21(2)22(18,25)11-12-23(21,26)19-4-3-13-27-19/h3-4,13,15-18,24-26H,5-12,14H2,1-2H3/t15-,16+,17+,18-,20+,21+,22+,23+/m1/s1. The van der Waals surface area contributed by atoms with Crippen LogP contribution in [0, 0.1) is 28.6 Å². The summed E-state index contributed by atoms with van der Waals surface area (Å²) in [5.41, 5.74) is -2.29. The van der Waals surface area contributed by atoms with Crippen LogP contribution in [0.25, 0.3) is 0 Å². The molecule has 0 unspecified atom stereocenters. The van der Waals surface area contributed by atoms with Crippen LogP contribution in [-0.2, 0) is 5.60 Å². The third-order valence-electron chi connectivity index (χ3n) is 9.90. The molecule has 150 valence electrons. The van der Waals surface area contributed by atoms with E-state index < -0.39 is 16.6 Å². The third kappa shape index (κ3) is 2.10. The molecule has 0 saturated heterocycles. The van der Waals surface area contributed by atoms with Crippen LogP contribution in [-0.4, -0.2) is 27.0 Å². The van der Waals surface area contributed by atoms with Crippen molar-refractivity contribution < 1.29 is 19.7 Å². The van der Waals surface area contributed by atoms with E-state index in [4.69, 9.17) is 4.42 Å². The highest BCUT2D eigenvalue weighted by Gasteiger charge is 2.72. The number of hydrogen-bond acceptors (Lipinski definition) is 4. The summed E-state index contributed by atoms with van der Waals surface area (Å²) in [5.74, 6) is 1.90. The summed E-state index contributed by atoms with van der Waals surface area (Å²) in [4.78, 5) is 0. The molecule has 27 heavy (non-hydrogen) atoms. The SMILES string of the molecule is C[C@]12CC[C@H](O)C[C@H]1CC[C@@H]1[C@@H]2CC[C@]2(C)[C@@](O)(c3ccco3)CC[C@]12O. The van der Waals surface area contributed by atoms with E-state index in [1.807, 2.05) is 12.1 Å². The van der Waals surface area contributed by atoms with Crippen LogP contribution in [0.3, 0.4) is 0 Å². The first-order valence-electron chi connectivity index (χ1n) is 10.9. The first kappa shape index (κ1) is 18.2. The smallest absolute Gasteiger partial charge is 0.136 e. The van der Waals surface area contributed by atoms with Crippen LogP contribution >= 0.6 is 0 Å². The minimum atomic E-state index is -1.09. The van der Waals surface area contributed by atoms with Crippen molar-refractivity contribution in [2.45, 2.75) is 88.9 Å². The minimum absolute atomic E-state index is 0.146. The number of aliphatic hydroxyl groups excluding tert-OH is 1. The monoisotopic (exact) mass is 374 g/mol. The van der Waals surface area contributed by atoms with E-state index in [0.717, 1.165) is 44.9 Å². The van der Waals surface area contributed by atoms with Gasteiger partial charge in [0, 0.05) is 5.41 Å². The Kier molecular flexibility index (Phi) is 3.78. The zero-order valence-electron chi connectivity index (χ0n) is 16.7. The average molecular weight is 375 g/mol. The molecule has 4 aliphatic carbocycles. The molecule has 4 fully saturated rings. The first-order valence-corrected chi connectivity index (χ1v) is 10.9. The zero-order chi connectivity index (χ0) is 19.1. The van der Waals surface area contributed by atoms with Gasteiger partial charge in [-0.05, 0) is 93.1 Å². The number of hydrogen-bond donors (Lipinski definition) is 3. The minimum Gasteiger partial charge on any atom is -0.466 e. The molecule has 0 spiro atoms. The number of aliphatic hydroxyl groups is 3. The van der Waals surface area contributed by atoms with Gasteiger partial charge in [-0.3, -0.25) is 0 Å². The van der Waals surface area contributed by atoms with Gasteiger partial charge in [0.2, 0.25) is 0 Å². The molecule has 0 aromatic carbocycles. The average Bonchev–Trinajstić information content (AvgIpc) is 3.24. The summed E-state index contributed by atoms with van der Waals surface area (Å²) >= 11 is 0. The topological polar surface area (TPSA) is 73.8 Å². The second-order valence-corrected chi connectivity index (χ2v) is 10.6. The van der Waals surface area contributed by atoms with Crippen LogP contribution in [0.1, 0.15) is 77.4 Å². The molecular formula is C23H34O4. The van der Waals surface area contributed by atoms with E-state index in [0.29, 0.717) is 30.4 Å². The Morgan fingerprint density at radius 1 is 0.963 bits per heavy atom. The van der Waals surface area contributed by atoms with Crippen molar-refractivity contribution in [2.75, 3.05) is 0 Å². The molecule has 5 rings (SSSR count). The molecule has 4 nitrogen and oxygen atoms in total. The highest BCUT2D eigenvalue weighted by Crippen LogP contribution is 2.71. The third-order valence-corrected chi connectivity index (χ3v) is 9.90. The van der Waals surface area contributed by atoms with Gasteiger partial charge < -0.3 is 19.7 Å². The Balaban J connectivity index is 1.52. The van der Waals surface area contributed by atoms with Crippen LogP contribution in [0.15, 0.2) is 22.8 Å². The molecule has 4 heteroatoms. The van der Waals surface area contributed by atoms with Gasteiger partial charge in [-0.1, -0.05) is 13.8 Å². The van der Waals surface area contributed by atoms with E-state index in [9.17, 15) is 15.3 Å². The number of rotatable bonds is 1. The predicted octanol–water partition coefficient (Wildman–Crippen LogP) is 3.99. The van der Waals surface area contributed by atoms with Crippen molar-refractivity contribution in [3.63, 3.8) is 0 Å². The first-order chi connectivity index (χ1) is 12.7. The van der Waals surface area contributed by atoms with E-state index >= 15 is 0 Å². The molecule has 0 radical (unpaired) electrons. The fraction of sp³-hybridized carbons (Fsp3) is 0.826. The molecule has 4 saturated carbocycles. The van der Waals surface area contributed by atoms with Gasteiger partial charge in [-0.15, -0.1) is 0 Å². The highest BCUT2D eigenvalue weighted by molar-refractivity contribution is 5.27. The van der Waals surface area contributed by atoms with Crippen LogP contribution in [0.2, 0.25) is 0 Å². The van der Waals surface area contributed by atoms with E-state index in [-0.39, 0.29) is 17.4 Å². The molecule has 0 bridgehead atoms. The van der Waals surface area contributed by atoms with Gasteiger partial charge in [0.05, 0.1) is 18.0 Å². The molecular weight excluding hydrogens is 340 g/mol. The van der Waals surface area contributed by atoms with Gasteiger partial charge in [0.1, 0.15) is 11.4 Å². The van der Waals surface area contributed by atoms with E-state index in [1.165, 1.54) is 0 Å². The maximum atomic E-state index is 12.1. The largest absolute Gasteiger partial charge is 0.466 e. The second kappa shape index (κ2) is 5.61. The molecule has 3 N–H and O–H groups in total. The second-order valence-electron chi connectivity index (χ2n) is 10.6. The number of furan rings is 1. The lowest BCUT2D eigenvalue weighted by Crippen LogP contribution is -2.64. The lowest BCUT2D eigenvalue weighted by Gasteiger charge is -2.64. The Labute approximate surface area is 162 Å². The molecule has 4 aliphatic rings. The Bertz CT molecular complexity index is 716. The summed E-state index contributed by atoms with van der Waals surface area (Å²) in [6.07, 6.45) is 9.54. The molecule has 0 aliphatic heterocycles. The van der Waals surface area contributed by atoms with Crippen molar-refractivity contribution in [1.82, 2.24) is 0 Å². The summed E-state index contributed by atoms with van der Waals surface area (Å²) < 4.78 is 5.64. The molecule has 1 aromatic rings. The van der Waals surface area contributed by atoms with Gasteiger partial charge in [0.25, 0.3) is 0 Å². The highest BCUT2D eigenvalue weighted by atomic mass is 16.4. The van der Waals surface area contributed by atoms with Crippen molar-refractivity contribution in [3.05, 3.63) is 24.2 Å². The normalized spacial score (nSPS) is 54.9. The zero-order valence-corrected chi connectivity index (χ0v) is 16.7. The van der Waals surface area contributed by atoms with Gasteiger partial charge in [-0.25, -0.2) is 0 Å². The van der Waals surface area contributed by atoms with Gasteiger partial charge in [-0.2, -0.15) is 0 Å². The lowest BCUT2D eigenvalue weighted by atomic mass is 9.43. The van der Waals surface area contributed by atoms with Crippen molar-refractivity contribution >= 4 is 0 Å². The molecule has 8 atom stereocenters. The molecule has 1 heterocycles. The lowest BCUT2D eigenvalue weighted by molar-refractivity contribution is -0.241. The Morgan fingerprint density at radius 2 is 1.78 bits per heavy atom. The summed E-state index contributed by atoms with van der Waals surface area (Å²) in [5, 5.41) is 34.0. The Hall–Kier alpha value is -0.840. The Morgan fingerprint density at radius 3 is 2.52 bits per heavy atom. The fourth-order valence-electron chi connectivity index (χ4n) is 8.13. The van der Waals surface area contributed by atoms with E-state index in [1.54, 1.807) is 6.26 Å². The summed E-state index contributed by atoms with van der Waals surface area (Å²) in [7, 11) is 0. The molecule has 1 aromatic heterocycles. The van der Waals surface area contributed by atoms with Crippen molar-refractivity contribution in [2.24, 2.45) is 28.6 Å². The van der Waals surface area contributed by atoms with E-state index in [2.05, 4.69) is 13.8 Å². The summed E-state index contributed by atoms with van der Waals surface area (Å²) in [6.45, 7) is 4.51. The predicted molar refractivity (Wildman–Crippen MR) is 102 cm³/mol. The van der Waals surface area contributed by atoms with Crippen molar-refractivity contribution in [3.8, 4) is 0 Å². The quantitative estimate of drug-likeness (QED) is 0.695. The van der Waals surface area contributed by atoms with Crippen LogP contribution in [0.5, 0.6) is 0 Å². The maximum absolute atomic E-state index is 12.1. The fourth-order valence-corrected chi connectivity index (χ4v) is 8.13. The number of fused-ring (bicyclic) bond motifs is 5. The summed E-state index contributed by atoms with van der Waals surface area (Å²) in [6, 6.07) is 3.70. The van der Waals surface area contributed by atoms with Crippen LogP contribution < -0.4 is 0 Å². The van der Waals surface area contributed by atoms with Gasteiger partial charge in [0.15, 0.2) is 0 Å². The maximum Gasteiger partial charge on any atom is 0.136 e. The molecule has 0 amide bonds. The van der Waals surface area contributed by atoms with Crippen molar-refractivity contribution in [1.29, 1.82) is 0 Å².